The number of likely N-dealkylation sites (N-methyl/N-ethyl adjacent to an activating group) is 1. The van der Waals surface area contributed by atoms with E-state index in [1.807, 2.05) is 18.2 Å². The third kappa shape index (κ3) is 4.57. The van der Waals surface area contributed by atoms with E-state index in [4.69, 9.17) is 0 Å². The lowest BCUT2D eigenvalue weighted by Crippen LogP contribution is -2.49. The van der Waals surface area contributed by atoms with Gasteiger partial charge in [-0.2, -0.15) is 0 Å². The van der Waals surface area contributed by atoms with Crippen LogP contribution in [0.3, 0.4) is 0 Å². The number of piperazine rings is 1. The summed E-state index contributed by atoms with van der Waals surface area (Å²) in [4.78, 5) is 18.0. The lowest BCUT2D eigenvalue weighted by atomic mass is 9.87. The summed E-state index contributed by atoms with van der Waals surface area (Å²) in [7, 11) is 2.13. The third-order valence-corrected chi connectivity index (χ3v) is 5.87. The Bertz CT molecular complexity index is 872. The number of carbonyl (C=O) groups excluding carboxylic acids is 1. The maximum atomic E-state index is 13.6. The van der Waals surface area contributed by atoms with Crippen molar-refractivity contribution in [1.29, 1.82) is 0 Å². The van der Waals surface area contributed by atoms with E-state index < -0.39 is 0 Å². The van der Waals surface area contributed by atoms with Gasteiger partial charge in [-0.15, -0.1) is 0 Å². The average Bonchev–Trinajstić information content (AvgIpc) is 2.79. The molecule has 3 nitrogen and oxygen atoms in total. The second-order valence-electron chi connectivity index (χ2n) is 7.85. The minimum Gasteiger partial charge on any atom is -0.333 e. The molecule has 3 heteroatoms. The van der Waals surface area contributed by atoms with Crippen LogP contribution in [0.5, 0.6) is 0 Å². The van der Waals surface area contributed by atoms with Crippen molar-refractivity contribution in [3.63, 3.8) is 0 Å². The largest absolute Gasteiger partial charge is 0.333 e. The summed E-state index contributed by atoms with van der Waals surface area (Å²) >= 11 is 0. The van der Waals surface area contributed by atoms with E-state index in [0.29, 0.717) is 6.42 Å². The van der Waals surface area contributed by atoms with Gasteiger partial charge in [-0.1, -0.05) is 91.0 Å². The zero-order chi connectivity index (χ0) is 20.1. The molecule has 3 aromatic carbocycles. The number of amides is 1. The highest BCUT2D eigenvalue weighted by molar-refractivity contribution is 5.78. The van der Waals surface area contributed by atoms with E-state index in [1.165, 1.54) is 16.7 Å². The molecular formula is C26H28N2O. The number of nitrogens with zero attached hydrogens (tertiary/aromatic N) is 2. The van der Waals surface area contributed by atoms with Crippen LogP contribution in [0.15, 0.2) is 91.0 Å². The molecule has 29 heavy (non-hydrogen) atoms. The molecule has 0 unspecified atom stereocenters. The first kappa shape index (κ1) is 19.4. The minimum absolute atomic E-state index is 0.0704. The first-order valence-electron chi connectivity index (χ1n) is 10.3. The summed E-state index contributed by atoms with van der Waals surface area (Å²) in [6.45, 7) is 2.55. The van der Waals surface area contributed by atoms with Crippen molar-refractivity contribution in [1.82, 2.24) is 9.80 Å². The standard InChI is InChI=1S/C26H28N2O/c1-27-17-18-28(25(20-27)23-15-9-4-10-16-23)26(29)19-24(21-11-5-2-6-12-21)22-13-7-3-8-14-22/h2-16,24-25H,17-20H2,1H3/t25-/m0/s1. The lowest BCUT2D eigenvalue weighted by Gasteiger charge is -2.41. The second-order valence-corrected chi connectivity index (χ2v) is 7.85. The Morgan fingerprint density at radius 3 is 1.90 bits per heavy atom. The fourth-order valence-corrected chi connectivity index (χ4v) is 4.27. The van der Waals surface area contributed by atoms with Gasteiger partial charge in [-0.25, -0.2) is 0 Å². The molecule has 1 saturated heterocycles. The number of carbonyl (C=O) groups is 1. The monoisotopic (exact) mass is 384 g/mol. The van der Waals surface area contributed by atoms with Crippen LogP contribution in [0.1, 0.15) is 35.1 Å². The van der Waals surface area contributed by atoms with Crippen molar-refractivity contribution in [2.45, 2.75) is 18.4 Å². The van der Waals surface area contributed by atoms with Crippen LogP contribution in [-0.2, 0) is 4.79 Å². The molecule has 1 aliphatic heterocycles. The van der Waals surface area contributed by atoms with Gasteiger partial charge in [0, 0.05) is 32.0 Å². The molecule has 0 aromatic heterocycles. The zero-order valence-corrected chi connectivity index (χ0v) is 16.9. The van der Waals surface area contributed by atoms with Gasteiger partial charge in [0.1, 0.15) is 0 Å². The van der Waals surface area contributed by atoms with Gasteiger partial charge in [-0.05, 0) is 23.7 Å². The Hall–Kier alpha value is -2.91. The highest BCUT2D eigenvalue weighted by Crippen LogP contribution is 2.32. The van der Waals surface area contributed by atoms with Crippen LogP contribution >= 0.6 is 0 Å². The van der Waals surface area contributed by atoms with E-state index in [9.17, 15) is 4.79 Å². The second kappa shape index (κ2) is 9.06. The van der Waals surface area contributed by atoms with Crippen molar-refractivity contribution >= 4 is 5.91 Å². The summed E-state index contributed by atoms with van der Waals surface area (Å²) < 4.78 is 0. The molecule has 3 aromatic rings. The van der Waals surface area contributed by atoms with E-state index in [-0.39, 0.29) is 17.9 Å². The van der Waals surface area contributed by atoms with Gasteiger partial charge in [0.15, 0.2) is 0 Å². The highest BCUT2D eigenvalue weighted by Gasteiger charge is 2.31. The quantitative estimate of drug-likeness (QED) is 0.635. The van der Waals surface area contributed by atoms with E-state index >= 15 is 0 Å². The predicted molar refractivity (Wildman–Crippen MR) is 118 cm³/mol. The molecule has 1 atom stereocenters. The van der Waals surface area contributed by atoms with Gasteiger partial charge < -0.3 is 9.80 Å². The SMILES string of the molecule is CN1CCN(C(=O)CC(c2ccccc2)c2ccccc2)[C@H](c2ccccc2)C1. The Balaban J connectivity index is 1.61. The van der Waals surface area contributed by atoms with Crippen LogP contribution in [0.2, 0.25) is 0 Å². The van der Waals surface area contributed by atoms with Gasteiger partial charge in [0.25, 0.3) is 0 Å². The number of hydrogen-bond donors (Lipinski definition) is 0. The van der Waals surface area contributed by atoms with Crippen molar-refractivity contribution in [2.24, 2.45) is 0 Å². The summed E-state index contributed by atoms with van der Waals surface area (Å²) in [5, 5.41) is 0. The molecule has 0 aliphatic carbocycles. The summed E-state index contributed by atoms with van der Waals surface area (Å²) in [5.41, 5.74) is 3.60. The van der Waals surface area contributed by atoms with Crippen LogP contribution in [0.4, 0.5) is 0 Å². The number of benzene rings is 3. The van der Waals surface area contributed by atoms with Crippen molar-refractivity contribution in [3.8, 4) is 0 Å². The van der Waals surface area contributed by atoms with E-state index in [0.717, 1.165) is 19.6 Å². The first-order chi connectivity index (χ1) is 14.2. The Morgan fingerprint density at radius 2 is 1.34 bits per heavy atom. The van der Waals surface area contributed by atoms with Crippen LogP contribution < -0.4 is 0 Å². The summed E-state index contributed by atoms with van der Waals surface area (Å²) in [5.74, 6) is 0.297. The predicted octanol–water partition coefficient (Wildman–Crippen LogP) is 4.72. The van der Waals surface area contributed by atoms with Crippen molar-refractivity contribution < 1.29 is 4.79 Å². The molecule has 0 radical (unpaired) electrons. The van der Waals surface area contributed by atoms with Crippen LogP contribution in [0.25, 0.3) is 0 Å². The average molecular weight is 385 g/mol. The molecular weight excluding hydrogens is 356 g/mol. The molecule has 0 bridgehead atoms. The van der Waals surface area contributed by atoms with Gasteiger partial charge in [0.2, 0.25) is 5.91 Å². The third-order valence-electron chi connectivity index (χ3n) is 5.87. The maximum absolute atomic E-state index is 13.6. The smallest absolute Gasteiger partial charge is 0.224 e. The maximum Gasteiger partial charge on any atom is 0.224 e. The lowest BCUT2D eigenvalue weighted by molar-refractivity contribution is -0.136. The molecule has 0 N–H and O–H groups in total. The molecule has 0 spiro atoms. The van der Waals surface area contributed by atoms with Crippen molar-refractivity contribution in [2.75, 3.05) is 26.7 Å². The highest BCUT2D eigenvalue weighted by atomic mass is 16.2. The van der Waals surface area contributed by atoms with Gasteiger partial charge in [0.05, 0.1) is 6.04 Å². The Morgan fingerprint density at radius 1 is 0.828 bits per heavy atom. The van der Waals surface area contributed by atoms with Crippen molar-refractivity contribution in [3.05, 3.63) is 108 Å². The summed E-state index contributed by atoms with van der Waals surface area (Å²) in [6, 6.07) is 31.3. The van der Waals surface area contributed by atoms with E-state index in [1.54, 1.807) is 0 Å². The molecule has 148 valence electrons. The molecule has 4 rings (SSSR count). The fraction of sp³-hybridized carbons (Fsp3) is 0.269. The topological polar surface area (TPSA) is 23.6 Å². The molecule has 0 saturated carbocycles. The van der Waals surface area contributed by atoms with Crippen LogP contribution in [-0.4, -0.2) is 42.4 Å². The zero-order valence-electron chi connectivity index (χ0n) is 16.9. The minimum atomic E-state index is 0.0704. The van der Waals surface area contributed by atoms with Crippen LogP contribution in [0, 0.1) is 0 Å². The molecule has 1 fully saturated rings. The fourth-order valence-electron chi connectivity index (χ4n) is 4.27. The molecule has 1 heterocycles. The Labute approximate surface area is 173 Å². The van der Waals surface area contributed by atoms with Gasteiger partial charge in [-0.3, -0.25) is 4.79 Å². The normalized spacial score (nSPS) is 17.4. The van der Waals surface area contributed by atoms with E-state index in [2.05, 4.69) is 89.6 Å². The summed E-state index contributed by atoms with van der Waals surface area (Å²) in [6.07, 6.45) is 0.487. The number of rotatable bonds is 5. The first-order valence-corrected chi connectivity index (χ1v) is 10.3. The Kier molecular flexibility index (Phi) is 6.06. The van der Waals surface area contributed by atoms with Gasteiger partial charge >= 0.3 is 0 Å². The molecule has 1 aliphatic rings. The number of hydrogen-bond acceptors (Lipinski definition) is 2. The molecule has 1 amide bonds.